The number of thioether (sulfide) groups is 1. The van der Waals surface area contributed by atoms with Gasteiger partial charge >= 0.3 is 6.03 Å². The summed E-state index contributed by atoms with van der Waals surface area (Å²) in [6.45, 7) is 3.36. The van der Waals surface area contributed by atoms with Gasteiger partial charge in [0.25, 0.3) is 0 Å². The summed E-state index contributed by atoms with van der Waals surface area (Å²) in [5.41, 5.74) is 1.62. The summed E-state index contributed by atoms with van der Waals surface area (Å²) in [7, 11) is 0. The molecule has 1 atom stereocenters. The normalized spacial score (nSPS) is 17.7. The van der Waals surface area contributed by atoms with E-state index < -0.39 is 6.10 Å². The van der Waals surface area contributed by atoms with Gasteiger partial charge in [-0.15, -0.1) is 0 Å². The summed E-state index contributed by atoms with van der Waals surface area (Å²) in [4.78, 5) is 14.0. The van der Waals surface area contributed by atoms with Gasteiger partial charge in [0.2, 0.25) is 0 Å². The van der Waals surface area contributed by atoms with E-state index >= 15 is 0 Å². The largest absolute Gasteiger partial charge is 0.389 e. The lowest BCUT2D eigenvalue weighted by Crippen LogP contribution is -2.36. The van der Waals surface area contributed by atoms with Crippen LogP contribution in [-0.4, -0.2) is 40.6 Å². The lowest BCUT2D eigenvalue weighted by atomic mass is 10.1. The zero-order valence-electron chi connectivity index (χ0n) is 11.1. The molecule has 0 aliphatic carbocycles. The van der Waals surface area contributed by atoms with Crippen molar-refractivity contribution in [3.63, 3.8) is 0 Å². The van der Waals surface area contributed by atoms with Crippen LogP contribution in [-0.2, 0) is 0 Å². The molecule has 0 aromatic heterocycles. The van der Waals surface area contributed by atoms with Gasteiger partial charge in [-0.25, -0.2) is 4.79 Å². The number of nitrogens with one attached hydrogen (secondary N) is 1. The van der Waals surface area contributed by atoms with Crippen LogP contribution in [0.5, 0.6) is 0 Å². The quantitative estimate of drug-likeness (QED) is 0.876. The van der Waals surface area contributed by atoms with E-state index in [1.807, 2.05) is 40.9 Å². The Morgan fingerprint density at radius 1 is 1.32 bits per heavy atom. The van der Waals surface area contributed by atoms with E-state index in [0.29, 0.717) is 0 Å². The molecule has 1 aromatic carbocycles. The van der Waals surface area contributed by atoms with Crippen LogP contribution in [0.2, 0.25) is 0 Å². The first-order chi connectivity index (χ1) is 9.16. The highest BCUT2D eigenvalue weighted by atomic mass is 32.2. The molecule has 1 aliphatic heterocycles. The van der Waals surface area contributed by atoms with E-state index in [0.717, 1.165) is 42.3 Å². The predicted molar refractivity (Wildman–Crippen MR) is 79.6 cm³/mol. The van der Waals surface area contributed by atoms with Crippen molar-refractivity contribution < 1.29 is 9.90 Å². The number of aliphatic hydroxyl groups is 1. The molecule has 1 fully saturated rings. The summed E-state index contributed by atoms with van der Waals surface area (Å²) >= 11 is 1.90. The molecule has 1 heterocycles. The first-order valence-electron chi connectivity index (χ1n) is 6.58. The highest BCUT2D eigenvalue weighted by Crippen LogP contribution is 2.17. The van der Waals surface area contributed by atoms with Crippen molar-refractivity contribution >= 4 is 23.5 Å². The number of benzene rings is 1. The van der Waals surface area contributed by atoms with Gasteiger partial charge in [-0.2, -0.15) is 11.8 Å². The van der Waals surface area contributed by atoms with Crippen molar-refractivity contribution in [1.82, 2.24) is 4.90 Å². The van der Waals surface area contributed by atoms with Crippen molar-refractivity contribution in [3.8, 4) is 0 Å². The first-order valence-corrected chi connectivity index (χ1v) is 7.74. The van der Waals surface area contributed by atoms with E-state index in [-0.39, 0.29) is 6.03 Å². The number of urea groups is 1. The Morgan fingerprint density at radius 3 is 2.74 bits per heavy atom. The van der Waals surface area contributed by atoms with Crippen LogP contribution in [0.3, 0.4) is 0 Å². The lowest BCUT2D eigenvalue weighted by Gasteiger charge is -2.20. The SMILES string of the molecule is CC(O)c1ccc(NC(=O)N2CCCSCC2)cc1. The Balaban J connectivity index is 1.94. The van der Waals surface area contributed by atoms with E-state index in [1.165, 1.54) is 0 Å². The van der Waals surface area contributed by atoms with Gasteiger partial charge in [-0.05, 0) is 36.8 Å². The average Bonchev–Trinajstić information content (AvgIpc) is 2.68. The van der Waals surface area contributed by atoms with Gasteiger partial charge in [-0.3, -0.25) is 0 Å². The fourth-order valence-corrected chi connectivity index (χ4v) is 2.88. The average molecular weight is 280 g/mol. The molecule has 0 radical (unpaired) electrons. The van der Waals surface area contributed by atoms with Crippen molar-refractivity contribution in [3.05, 3.63) is 29.8 Å². The minimum Gasteiger partial charge on any atom is -0.389 e. The standard InChI is InChI=1S/C14H20N2O2S/c1-11(17)12-3-5-13(6-4-12)15-14(18)16-7-2-9-19-10-8-16/h3-6,11,17H,2,7-10H2,1H3,(H,15,18). The summed E-state index contributed by atoms with van der Waals surface area (Å²) in [6.07, 6.45) is 0.575. The zero-order valence-corrected chi connectivity index (χ0v) is 11.9. The van der Waals surface area contributed by atoms with Crippen LogP contribution in [0.1, 0.15) is 25.0 Å². The Bertz CT molecular complexity index is 412. The van der Waals surface area contributed by atoms with Gasteiger partial charge in [0, 0.05) is 24.5 Å². The highest BCUT2D eigenvalue weighted by molar-refractivity contribution is 7.99. The van der Waals surface area contributed by atoms with Crippen LogP contribution in [0.4, 0.5) is 10.5 Å². The second kappa shape index (κ2) is 6.82. The lowest BCUT2D eigenvalue weighted by molar-refractivity contribution is 0.199. The molecular weight excluding hydrogens is 260 g/mol. The number of carbonyl (C=O) groups excluding carboxylic acids is 1. The summed E-state index contributed by atoms with van der Waals surface area (Å²) in [5.74, 6) is 2.14. The van der Waals surface area contributed by atoms with Crippen LogP contribution in [0.15, 0.2) is 24.3 Å². The first kappa shape index (κ1) is 14.2. The minimum absolute atomic E-state index is 0.0349. The number of anilines is 1. The third-order valence-corrected chi connectivity index (χ3v) is 4.20. The summed E-state index contributed by atoms with van der Waals surface area (Å²) < 4.78 is 0. The van der Waals surface area contributed by atoms with Gasteiger partial charge in [0.15, 0.2) is 0 Å². The predicted octanol–water partition coefficient (Wildman–Crippen LogP) is 2.71. The van der Waals surface area contributed by atoms with E-state index in [4.69, 9.17) is 0 Å². The second-order valence-electron chi connectivity index (χ2n) is 4.68. The zero-order chi connectivity index (χ0) is 13.7. The molecule has 1 unspecified atom stereocenters. The maximum atomic E-state index is 12.1. The minimum atomic E-state index is -0.479. The molecule has 0 bridgehead atoms. The molecule has 4 nitrogen and oxygen atoms in total. The number of hydrogen-bond donors (Lipinski definition) is 2. The number of hydrogen-bond acceptors (Lipinski definition) is 3. The molecule has 2 amide bonds. The molecule has 5 heteroatoms. The smallest absolute Gasteiger partial charge is 0.321 e. The fourth-order valence-electron chi connectivity index (χ4n) is 2.00. The van der Waals surface area contributed by atoms with E-state index in [2.05, 4.69) is 5.32 Å². The molecule has 0 saturated carbocycles. The third kappa shape index (κ3) is 4.14. The molecule has 104 valence electrons. The Morgan fingerprint density at radius 2 is 2.05 bits per heavy atom. The molecule has 2 rings (SSSR count). The van der Waals surface area contributed by atoms with Crippen LogP contribution < -0.4 is 5.32 Å². The topological polar surface area (TPSA) is 52.6 Å². The molecule has 2 N–H and O–H groups in total. The number of carbonyl (C=O) groups is 1. The maximum Gasteiger partial charge on any atom is 0.321 e. The van der Waals surface area contributed by atoms with Gasteiger partial charge in [0.1, 0.15) is 0 Å². The van der Waals surface area contributed by atoms with Crippen molar-refractivity contribution in [1.29, 1.82) is 0 Å². The molecule has 0 spiro atoms. The molecule has 1 aliphatic rings. The Hall–Kier alpha value is -1.20. The van der Waals surface area contributed by atoms with E-state index in [9.17, 15) is 9.90 Å². The fraction of sp³-hybridized carbons (Fsp3) is 0.500. The van der Waals surface area contributed by atoms with Crippen molar-refractivity contribution in [2.24, 2.45) is 0 Å². The number of rotatable bonds is 2. The van der Waals surface area contributed by atoms with E-state index in [1.54, 1.807) is 6.92 Å². The second-order valence-corrected chi connectivity index (χ2v) is 5.91. The maximum absolute atomic E-state index is 12.1. The summed E-state index contributed by atoms with van der Waals surface area (Å²) in [6, 6.07) is 7.28. The van der Waals surface area contributed by atoms with Gasteiger partial charge in [0.05, 0.1) is 6.10 Å². The molecular formula is C14H20N2O2S. The van der Waals surface area contributed by atoms with Crippen LogP contribution in [0, 0.1) is 0 Å². The monoisotopic (exact) mass is 280 g/mol. The van der Waals surface area contributed by atoms with Crippen LogP contribution in [0.25, 0.3) is 0 Å². The summed E-state index contributed by atoms with van der Waals surface area (Å²) in [5, 5.41) is 12.3. The number of amides is 2. The molecule has 1 saturated heterocycles. The number of aliphatic hydroxyl groups excluding tert-OH is 1. The van der Waals surface area contributed by atoms with Gasteiger partial charge in [-0.1, -0.05) is 12.1 Å². The molecule has 19 heavy (non-hydrogen) atoms. The Kier molecular flexibility index (Phi) is 5.10. The van der Waals surface area contributed by atoms with Gasteiger partial charge < -0.3 is 15.3 Å². The highest BCUT2D eigenvalue weighted by Gasteiger charge is 2.15. The van der Waals surface area contributed by atoms with Crippen molar-refractivity contribution in [2.45, 2.75) is 19.4 Å². The van der Waals surface area contributed by atoms with Crippen molar-refractivity contribution in [2.75, 3.05) is 29.9 Å². The molecule has 1 aromatic rings. The third-order valence-electron chi connectivity index (χ3n) is 3.15. The van der Waals surface area contributed by atoms with Crippen LogP contribution >= 0.6 is 11.8 Å². The Labute approximate surface area is 118 Å². The number of nitrogens with zero attached hydrogens (tertiary/aromatic N) is 1.